The summed E-state index contributed by atoms with van der Waals surface area (Å²) in [5.41, 5.74) is 4.28. The summed E-state index contributed by atoms with van der Waals surface area (Å²) >= 11 is 7.94. The fourth-order valence-electron chi connectivity index (χ4n) is 5.48. The summed E-state index contributed by atoms with van der Waals surface area (Å²) in [4.78, 5) is 12.0. The molecule has 2 bridgehead atoms. The predicted octanol–water partition coefficient (Wildman–Crippen LogP) is 3.26. The number of rotatable bonds is 2. The number of imidazole rings is 1. The molecule has 1 aromatic carbocycles. The number of aliphatic hydroxyl groups is 1. The number of nitrogens with two attached hydrogens (primary N) is 1. The molecule has 3 aliphatic rings. The molecule has 0 radical (unpaired) electrons. The van der Waals surface area contributed by atoms with Crippen molar-refractivity contribution in [3.63, 3.8) is 0 Å². The maximum atomic E-state index is 16.0. The van der Waals surface area contributed by atoms with Gasteiger partial charge in [-0.1, -0.05) is 35.8 Å². The molecule has 10 atom stereocenters. The van der Waals surface area contributed by atoms with Crippen LogP contribution in [0.25, 0.3) is 22.2 Å². The largest absolute Gasteiger partial charge is 0.418 e. The maximum Gasteiger partial charge on any atom is 0.418 e. The normalized spacial score (nSPS) is 37.0. The second kappa shape index (κ2) is 11.9. The molecule has 3 aliphatic heterocycles. The number of hydrogen-bond acceptors (Lipinski definition) is 15. The highest BCUT2D eigenvalue weighted by Gasteiger charge is 2.54. The van der Waals surface area contributed by atoms with E-state index in [2.05, 4.69) is 49.8 Å². The number of nitrogen functional groups attached to an aromatic ring is 1. The Morgan fingerprint density at radius 3 is 2.36 bits per heavy atom. The first-order valence-corrected chi connectivity index (χ1v) is 18.8. The van der Waals surface area contributed by atoms with Gasteiger partial charge in [0.05, 0.1) is 30.6 Å². The Kier molecular flexibility index (Phi) is 8.35. The van der Waals surface area contributed by atoms with Crippen LogP contribution in [0.2, 0.25) is 0 Å². The van der Waals surface area contributed by atoms with Crippen molar-refractivity contribution in [2.75, 3.05) is 18.9 Å². The summed E-state index contributed by atoms with van der Waals surface area (Å²) in [7, 11) is 0. The zero-order valence-corrected chi connectivity index (χ0v) is 26.7. The summed E-state index contributed by atoms with van der Waals surface area (Å²) in [5, 5.41) is 18.5. The van der Waals surface area contributed by atoms with E-state index >= 15 is 4.39 Å². The summed E-state index contributed by atoms with van der Waals surface area (Å²) in [5.74, 6) is 0.0164. The molecule has 0 amide bonds. The van der Waals surface area contributed by atoms with E-state index in [9.17, 15) is 27.4 Å². The van der Waals surface area contributed by atoms with Gasteiger partial charge in [-0.2, -0.15) is 13.2 Å². The Morgan fingerprint density at radius 1 is 0.957 bits per heavy atom. The first-order chi connectivity index (χ1) is 22.1. The Bertz CT molecular complexity index is 1940. The number of benzene rings is 1. The van der Waals surface area contributed by atoms with Crippen molar-refractivity contribution in [3.8, 4) is 0 Å². The second-order valence-corrected chi connectivity index (χ2v) is 16.3. The Morgan fingerprint density at radius 2 is 1.64 bits per heavy atom. The summed E-state index contributed by atoms with van der Waals surface area (Å²) < 4.78 is 119. The SMILES string of the molecule is Nc1ncnc2c1ncn2[C@@H]1O[C@@H]2CO[P@@](=O)(S)O[C@@H]3[C@H](O)[C@@H](CO[P@](=O)(S)O[C@H]2[C@H]1F)O[C@H]3n1nnc2c(C(F)(F)F)cccc21. The van der Waals surface area contributed by atoms with E-state index in [1.54, 1.807) is 0 Å². The van der Waals surface area contributed by atoms with Crippen molar-refractivity contribution in [3.05, 3.63) is 36.4 Å². The fourth-order valence-corrected chi connectivity index (χ4v) is 8.43. The number of halogens is 4. The highest BCUT2D eigenvalue weighted by molar-refractivity contribution is 8.44. The molecule has 7 rings (SSSR count). The lowest BCUT2D eigenvalue weighted by Crippen LogP contribution is -2.35. The zero-order chi connectivity index (χ0) is 33.5. The molecule has 6 heterocycles. The van der Waals surface area contributed by atoms with E-state index < -0.39 is 93.2 Å². The van der Waals surface area contributed by atoms with Crippen molar-refractivity contribution in [2.24, 2.45) is 0 Å². The minimum Gasteiger partial charge on any atom is -0.387 e. The molecule has 3 fully saturated rings. The predicted molar refractivity (Wildman–Crippen MR) is 156 cm³/mol. The van der Waals surface area contributed by atoms with Crippen LogP contribution in [0.15, 0.2) is 30.9 Å². The molecule has 254 valence electrons. The summed E-state index contributed by atoms with van der Waals surface area (Å²) in [6.45, 7) is -10.5. The van der Waals surface area contributed by atoms with Crippen molar-refractivity contribution < 1.29 is 59.4 Å². The third-order valence-electron chi connectivity index (χ3n) is 7.60. The number of thiol groups is 2. The topological polar surface area (TPSA) is 210 Å². The van der Waals surface area contributed by atoms with E-state index in [-0.39, 0.29) is 22.5 Å². The Balaban J connectivity index is 1.20. The van der Waals surface area contributed by atoms with Gasteiger partial charge in [-0.15, -0.1) is 5.10 Å². The van der Waals surface area contributed by atoms with Crippen molar-refractivity contribution >= 4 is 66.1 Å². The van der Waals surface area contributed by atoms with Crippen molar-refractivity contribution in [1.29, 1.82) is 0 Å². The van der Waals surface area contributed by atoms with Crippen molar-refractivity contribution in [1.82, 2.24) is 34.5 Å². The van der Waals surface area contributed by atoms with Gasteiger partial charge in [-0.05, 0) is 12.1 Å². The lowest BCUT2D eigenvalue weighted by Gasteiger charge is -2.26. The number of hydrogen-bond donors (Lipinski definition) is 4. The van der Waals surface area contributed by atoms with Gasteiger partial charge >= 0.3 is 19.8 Å². The van der Waals surface area contributed by atoms with Crippen LogP contribution in [-0.4, -0.2) is 89.5 Å². The number of anilines is 1. The quantitative estimate of drug-likeness (QED) is 0.132. The van der Waals surface area contributed by atoms with Gasteiger partial charge in [0.25, 0.3) is 0 Å². The minimum atomic E-state index is -4.78. The molecule has 3 aromatic heterocycles. The molecule has 3 N–H and O–H groups in total. The van der Waals surface area contributed by atoms with Crippen LogP contribution in [0.1, 0.15) is 18.0 Å². The molecule has 17 nitrogen and oxygen atoms in total. The van der Waals surface area contributed by atoms with Crippen LogP contribution in [0, 0.1) is 0 Å². The standard InChI is InChI=1S/C22H22F4N8O9P2S2/c23-12-16-11(41-20(12)33-7-30-14-18(27)28-6-29-19(14)33)5-39-45(37,47)43-17-15(35)10(4-38-44(36,46)42-16)40-21(17)34-9-3-1-2-8(22(24,25)26)13(9)31-32-34/h1-3,6-7,10-12,15-17,20-21,35H,4-5H2,(H,36,46)(H,37,47)(H2,27,28,29)/t10-,11-,12-,15-,16-,17-,20-,21-,44+,45-/m1/s1. The lowest BCUT2D eigenvalue weighted by atomic mass is 10.1. The van der Waals surface area contributed by atoms with Gasteiger partial charge in [-0.3, -0.25) is 22.7 Å². The lowest BCUT2D eigenvalue weighted by molar-refractivity contribution is -0.136. The highest BCUT2D eigenvalue weighted by Crippen LogP contribution is 2.60. The number of ether oxygens (including phenoxy) is 2. The van der Waals surface area contributed by atoms with Gasteiger partial charge in [0.1, 0.15) is 47.9 Å². The Labute approximate surface area is 270 Å². The molecule has 47 heavy (non-hydrogen) atoms. The smallest absolute Gasteiger partial charge is 0.387 e. The highest BCUT2D eigenvalue weighted by atomic mass is 32.7. The van der Waals surface area contributed by atoms with Gasteiger partial charge < -0.3 is 20.3 Å². The van der Waals surface area contributed by atoms with Gasteiger partial charge in [0.15, 0.2) is 30.1 Å². The molecule has 0 aliphatic carbocycles. The van der Waals surface area contributed by atoms with Gasteiger partial charge in [0, 0.05) is 0 Å². The average molecular weight is 745 g/mol. The fraction of sp³-hybridized carbons (Fsp3) is 0.500. The number of aliphatic hydroxyl groups excluding tert-OH is 1. The molecule has 3 saturated heterocycles. The van der Waals surface area contributed by atoms with E-state index in [4.69, 9.17) is 33.3 Å². The van der Waals surface area contributed by atoms with E-state index in [1.165, 1.54) is 17.0 Å². The molecule has 0 spiro atoms. The first-order valence-electron chi connectivity index (χ1n) is 13.4. The number of alkyl halides is 4. The molecular weight excluding hydrogens is 722 g/mol. The maximum absolute atomic E-state index is 16.0. The van der Waals surface area contributed by atoms with Crippen LogP contribution < -0.4 is 5.73 Å². The van der Waals surface area contributed by atoms with Crippen LogP contribution in [-0.2, 0) is 42.9 Å². The summed E-state index contributed by atoms with van der Waals surface area (Å²) in [6.07, 6.45) is -15.6. The van der Waals surface area contributed by atoms with Crippen LogP contribution in [0.4, 0.5) is 23.4 Å². The third kappa shape index (κ3) is 6.05. The number of fused-ring (bicyclic) bond motifs is 5. The molecule has 0 saturated carbocycles. The number of aromatic nitrogens is 7. The monoisotopic (exact) mass is 744 g/mol. The van der Waals surface area contributed by atoms with Crippen LogP contribution in [0.5, 0.6) is 0 Å². The van der Waals surface area contributed by atoms with Gasteiger partial charge in [0.2, 0.25) is 0 Å². The van der Waals surface area contributed by atoms with Gasteiger partial charge in [-0.25, -0.2) is 33.2 Å². The second-order valence-electron chi connectivity index (χ2n) is 10.5. The first kappa shape index (κ1) is 33.1. The van der Waals surface area contributed by atoms with Crippen molar-refractivity contribution in [2.45, 2.75) is 55.3 Å². The number of nitrogens with zero attached hydrogens (tertiary/aromatic N) is 7. The molecule has 4 aromatic rings. The molecule has 25 heteroatoms. The van der Waals surface area contributed by atoms with E-state index in [1.807, 2.05) is 0 Å². The summed E-state index contributed by atoms with van der Waals surface area (Å²) in [6, 6.07) is 3.17. The Hall–Kier alpha value is -2.43. The zero-order valence-electron chi connectivity index (χ0n) is 23.1. The van der Waals surface area contributed by atoms with Crippen LogP contribution >= 0.6 is 38.1 Å². The molecular formula is C22H22F4N8O9P2S2. The minimum absolute atomic E-state index is 0.0164. The van der Waals surface area contributed by atoms with E-state index in [0.717, 1.165) is 23.1 Å². The van der Waals surface area contributed by atoms with E-state index in [0.29, 0.717) is 0 Å². The van der Waals surface area contributed by atoms with Crippen LogP contribution in [0.3, 0.4) is 0 Å². The average Bonchev–Trinajstić information content (AvgIpc) is 3.76. The molecule has 0 unspecified atom stereocenters. The third-order valence-corrected chi connectivity index (χ3v) is 10.8.